The number of para-hydroxylation sites is 1. The van der Waals surface area contributed by atoms with E-state index in [0.717, 1.165) is 52.4 Å². The Morgan fingerprint density at radius 3 is 2.50 bits per heavy atom. The molecule has 1 aliphatic rings. The lowest BCUT2D eigenvalue weighted by Crippen LogP contribution is -2.37. The number of nitrogens with one attached hydrogen (secondary N) is 2. The Balaban J connectivity index is 1.36. The van der Waals surface area contributed by atoms with Crippen molar-refractivity contribution in [2.24, 2.45) is 0 Å². The molecule has 0 saturated heterocycles. The number of rotatable bonds is 7. The van der Waals surface area contributed by atoms with Crippen molar-refractivity contribution in [3.05, 3.63) is 46.4 Å². The van der Waals surface area contributed by atoms with Crippen LogP contribution in [0.1, 0.15) is 31.2 Å². The molecule has 0 atom stereocenters. The second-order valence-electron chi connectivity index (χ2n) is 8.43. The van der Waals surface area contributed by atoms with Crippen LogP contribution in [0, 0.1) is 0 Å². The molecule has 1 saturated carbocycles. The standard InChI is InChI=1S/C24H30BrN5O2/c1-30(2)23-17-6-4-5-7-20(17)28-24(29-23)27-16-10-8-15(9-11-16)26-14-18-19(25)12-13-21(32-3)22(18)31/h4-7,12-13,15-16,26,31H,8-11,14H2,1-3H3,(H,27,28,29). The first-order valence-corrected chi connectivity index (χ1v) is 11.7. The van der Waals surface area contributed by atoms with Crippen molar-refractivity contribution in [1.82, 2.24) is 15.3 Å². The molecular weight excluding hydrogens is 470 g/mol. The van der Waals surface area contributed by atoms with Crippen molar-refractivity contribution in [3.8, 4) is 11.5 Å². The SMILES string of the molecule is COc1ccc(Br)c(CNC2CCC(Nc3nc(N(C)C)c4ccccc4n3)CC2)c1O. The Kier molecular flexibility index (Phi) is 7.01. The Morgan fingerprint density at radius 1 is 1.06 bits per heavy atom. The van der Waals surface area contributed by atoms with Crippen LogP contribution in [0.25, 0.3) is 10.9 Å². The fourth-order valence-electron chi connectivity index (χ4n) is 4.26. The lowest BCUT2D eigenvalue weighted by molar-refractivity contribution is 0.344. The van der Waals surface area contributed by atoms with E-state index >= 15 is 0 Å². The van der Waals surface area contributed by atoms with Crippen LogP contribution < -0.4 is 20.3 Å². The van der Waals surface area contributed by atoms with Gasteiger partial charge in [0.15, 0.2) is 11.5 Å². The fraction of sp³-hybridized carbons (Fsp3) is 0.417. The summed E-state index contributed by atoms with van der Waals surface area (Å²) in [4.78, 5) is 11.5. The maximum absolute atomic E-state index is 10.4. The minimum absolute atomic E-state index is 0.190. The minimum Gasteiger partial charge on any atom is -0.504 e. The number of aromatic nitrogens is 2. The van der Waals surface area contributed by atoms with Gasteiger partial charge < -0.3 is 25.4 Å². The number of anilines is 2. The summed E-state index contributed by atoms with van der Waals surface area (Å²) in [7, 11) is 5.58. The summed E-state index contributed by atoms with van der Waals surface area (Å²) in [5.41, 5.74) is 1.78. The van der Waals surface area contributed by atoms with Gasteiger partial charge in [0, 0.05) is 48.1 Å². The first-order valence-electron chi connectivity index (χ1n) is 10.9. The molecule has 0 amide bonds. The van der Waals surface area contributed by atoms with Gasteiger partial charge in [-0.2, -0.15) is 4.98 Å². The zero-order valence-corrected chi connectivity index (χ0v) is 20.3. The molecule has 8 heteroatoms. The van der Waals surface area contributed by atoms with Gasteiger partial charge in [0.2, 0.25) is 5.95 Å². The maximum Gasteiger partial charge on any atom is 0.225 e. The molecule has 7 nitrogen and oxygen atoms in total. The smallest absolute Gasteiger partial charge is 0.225 e. The number of phenols is 1. The highest BCUT2D eigenvalue weighted by atomic mass is 79.9. The van der Waals surface area contributed by atoms with E-state index in [9.17, 15) is 5.11 Å². The van der Waals surface area contributed by atoms with Crippen LogP contribution >= 0.6 is 15.9 Å². The molecule has 0 aliphatic heterocycles. The molecular formula is C24H30BrN5O2. The van der Waals surface area contributed by atoms with E-state index in [-0.39, 0.29) is 5.75 Å². The lowest BCUT2D eigenvalue weighted by atomic mass is 9.91. The van der Waals surface area contributed by atoms with Gasteiger partial charge in [0.05, 0.1) is 12.6 Å². The van der Waals surface area contributed by atoms with Crippen LogP contribution in [-0.2, 0) is 6.54 Å². The van der Waals surface area contributed by atoms with Crippen LogP contribution in [-0.4, -0.2) is 48.4 Å². The van der Waals surface area contributed by atoms with Crippen LogP contribution in [0.3, 0.4) is 0 Å². The first kappa shape index (κ1) is 22.6. The van der Waals surface area contributed by atoms with Crippen LogP contribution in [0.5, 0.6) is 11.5 Å². The topological polar surface area (TPSA) is 82.5 Å². The van der Waals surface area contributed by atoms with Crippen molar-refractivity contribution in [1.29, 1.82) is 0 Å². The average molecular weight is 500 g/mol. The summed E-state index contributed by atoms with van der Waals surface area (Å²) in [6.45, 7) is 0.590. The van der Waals surface area contributed by atoms with Gasteiger partial charge in [0.1, 0.15) is 5.82 Å². The molecule has 2 aromatic carbocycles. The van der Waals surface area contributed by atoms with E-state index in [4.69, 9.17) is 14.7 Å². The van der Waals surface area contributed by atoms with Gasteiger partial charge in [0.25, 0.3) is 0 Å². The number of phenolic OH excluding ortho intramolecular Hbond substituents is 1. The van der Waals surface area contributed by atoms with Crippen molar-refractivity contribution in [2.75, 3.05) is 31.4 Å². The van der Waals surface area contributed by atoms with E-state index in [0.29, 0.717) is 30.3 Å². The average Bonchev–Trinajstić information content (AvgIpc) is 2.79. The highest BCUT2D eigenvalue weighted by Gasteiger charge is 2.23. The largest absolute Gasteiger partial charge is 0.504 e. The number of hydrogen-bond donors (Lipinski definition) is 3. The van der Waals surface area contributed by atoms with E-state index in [1.807, 2.05) is 43.3 Å². The monoisotopic (exact) mass is 499 g/mol. The van der Waals surface area contributed by atoms with Crippen molar-refractivity contribution in [3.63, 3.8) is 0 Å². The van der Waals surface area contributed by atoms with E-state index in [1.165, 1.54) is 0 Å². The molecule has 4 rings (SSSR count). The Hall–Kier alpha value is -2.58. The van der Waals surface area contributed by atoms with E-state index < -0.39 is 0 Å². The Bertz CT molecular complexity index is 1080. The molecule has 0 spiro atoms. The summed E-state index contributed by atoms with van der Waals surface area (Å²) in [6.07, 6.45) is 4.18. The Morgan fingerprint density at radius 2 is 1.78 bits per heavy atom. The van der Waals surface area contributed by atoms with Gasteiger partial charge in [-0.3, -0.25) is 0 Å². The summed E-state index contributed by atoms with van der Waals surface area (Å²) in [6, 6.07) is 12.5. The predicted molar refractivity (Wildman–Crippen MR) is 133 cm³/mol. The number of halogens is 1. The number of benzene rings is 2. The minimum atomic E-state index is 0.190. The van der Waals surface area contributed by atoms with Crippen LogP contribution in [0.2, 0.25) is 0 Å². The normalized spacial score (nSPS) is 18.5. The maximum atomic E-state index is 10.4. The summed E-state index contributed by atoms with van der Waals surface area (Å²) in [5, 5.41) is 18.6. The molecule has 32 heavy (non-hydrogen) atoms. The second-order valence-corrected chi connectivity index (χ2v) is 9.29. The van der Waals surface area contributed by atoms with Gasteiger partial charge in [-0.1, -0.05) is 28.1 Å². The zero-order chi connectivity index (χ0) is 22.7. The third-order valence-corrected chi connectivity index (χ3v) is 6.79. The van der Waals surface area contributed by atoms with Gasteiger partial charge in [-0.15, -0.1) is 0 Å². The summed E-state index contributed by atoms with van der Waals surface area (Å²) < 4.78 is 6.11. The number of ether oxygens (including phenoxy) is 1. The van der Waals surface area contributed by atoms with Gasteiger partial charge in [-0.05, 0) is 49.9 Å². The Labute approximate surface area is 197 Å². The quantitative estimate of drug-likeness (QED) is 0.435. The molecule has 1 aliphatic carbocycles. The molecule has 3 N–H and O–H groups in total. The van der Waals surface area contributed by atoms with Crippen molar-refractivity contribution in [2.45, 2.75) is 44.3 Å². The molecule has 1 aromatic heterocycles. The summed E-state index contributed by atoms with van der Waals surface area (Å²) >= 11 is 3.53. The van der Waals surface area contributed by atoms with E-state index in [1.54, 1.807) is 13.2 Å². The molecule has 170 valence electrons. The number of fused-ring (bicyclic) bond motifs is 1. The van der Waals surface area contributed by atoms with Gasteiger partial charge >= 0.3 is 0 Å². The molecule has 0 unspecified atom stereocenters. The molecule has 3 aromatic rings. The molecule has 1 fully saturated rings. The number of hydrogen-bond acceptors (Lipinski definition) is 7. The molecule has 1 heterocycles. The first-order chi connectivity index (χ1) is 15.5. The van der Waals surface area contributed by atoms with Crippen LogP contribution in [0.15, 0.2) is 40.9 Å². The second kappa shape index (κ2) is 9.92. The van der Waals surface area contributed by atoms with Crippen LogP contribution in [0.4, 0.5) is 11.8 Å². The number of aromatic hydroxyl groups is 1. The highest BCUT2D eigenvalue weighted by molar-refractivity contribution is 9.10. The lowest BCUT2D eigenvalue weighted by Gasteiger charge is -2.30. The summed E-state index contributed by atoms with van der Waals surface area (Å²) in [5.74, 6) is 2.30. The zero-order valence-electron chi connectivity index (χ0n) is 18.7. The third kappa shape index (κ3) is 4.91. The fourth-order valence-corrected chi connectivity index (χ4v) is 4.72. The van der Waals surface area contributed by atoms with Crippen molar-refractivity contribution >= 4 is 38.6 Å². The molecule has 0 bridgehead atoms. The molecule has 0 radical (unpaired) electrons. The number of nitrogens with zero attached hydrogens (tertiary/aromatic N) is 3. The predicted octanol–water partition coefficient (Wildman–Crippen LogP) is 4.69. The number of methoxy groups -OCH3 is 1. The third-order valence-electron chi connectivity index (χ3n) is 6.04. The highest BCUT2D eigenvalue weighted by Crippen LogP contribution is 2.35. The van der Waals surface area contributed by atoms with Gasteiger partial charge in [-0.25, -0.2) is 4.98 Å². The van der Waals surface area contributed by atoms with E-state index in [2.05, 4.69) is 32.6 Å². The van der Waals surface area contributed by atoms with Crippen molar-refractivity contribution < 1.29 is 9.84 Å².